The van der Waals surface area contributed by atoms with Crippen LogP contribution in [-0.2, 0) is 11.4 Å². The van der Waals surface area contributed by atoms with Gasteiger partial charge in [-0.25, -0.2) is 0 Å². The van der Waals surface area contributed by atoms with Gasteiger partial charge in [-0.2, -0.15) is 0 Å². The zero-order valence-electron chi connectivity index (χ0n) is 23.5. The third-order valence-electron chi connectivity index (χ3n) is 8.29. The first-order valence-electron chi connectivity index (χ1n) is 14.1. The molecular weight excluding hydrogens is 512 g/mol. The molecule has 4 unspecified atom stereocenters. The minimum absolute atomic E-state index is 0.0907. The molecule has 2 aromatic carbocycles. The SMILES string of the molecule is COc1cc(C2CCCC3NNCC32)cc(CO)c1OCC(=O)N1CCC(Oc2cccc(C(=O)N(C)C)c2)C1. The van der Waals surface area contributed by atoms with Crippen molar-refractivity contribution in [2.75, 3.05) is 47.4 Å². The molecule has 2 heterocycles. The first kappa shape index (κ1) is 28.2. The average Bonchev–Trinajstić information content (AvgIpc) is 3.65. The normalized spacial score (nSPS) is 23.9. The number of nitrogens with zero attached hydrogens (tertiary/aromatic N) is 2. The number of methoxy groups -OCH3 is 1. The molecule has 4 atom stereocenters. The van der Waals surface area contributed by atoms with Gasteiger partial charge in [-0.1, -0.05) is 12.5 Å². The van der Waals surface area contributed by atoms with E-state index in [1.807, 2.05) is 18.2 Å². The van der Waals surface area contributed by atoms with Gasteiger partial charge in [0.05, 0.1) is 20.3 Å². The number of fused-ring (bicyclic) bond motifs is 1. The number of carbonyl (C=O) groups is 2. The van der Waals surface area contributed by atoms with Gasteiger partial charge in [0, 0.05) is 50.8 Å². The van der Waals surface area contributed by atoms with E-state index >= 15 is 0 Å². The Morgan fingerprint density at radius 2 is 2.00 bits per heavy atom. The predicted molar refractivity (Wildman–Crippen MR) is 149 cm³/mol. The minimum atomic E-state index is -0.208. The van der Waals surface area contributed by atoms with Crippen molar-refractivity contribution < 1.29 is 28.9 Å². The third-order valence-corrected chi connectivity index (χ3v) is 8.29. The van der Waals surface area contributed by atoms with Gasteiger partial charge in [0.25, 0.3) is 11.8 Å². The molecule has 1 aliphatic carbocycles. The van der Waals surface area contributed by atoms with E-state index in [0.29, 0.717) is 65.8 Å². The number of nitrogens with one attached hydrogen (secondary N) is 2. The zero-order chi connectivity index (χ0) is 28.2. The van der Waals surface area contributed by atoms with Crippen LogP contribution in [-0.4, -0.2) is 86.3 Å². The van der Waals surface area contributed by atoms with Crippen LogP contribution in [0.25, 0.3) is 0 Å². The second kappa shape index (κ2) is 12.4. The maximum absolute atomic E-state index is 13.1. The van der Waals surface area contributed by atoms with E-state index in [2.05, 4.69) is 10.9 Å². The highest BCUT2D eigenvalue weighted by molar-refractivity contribution is 5.94. The number of hydrazine groups is 1. The van der Waals surface area contributed by atoms with Crippen LogP contribution in [0.15, 0.2) is 36.4 Å². The molecule has 40 heavy (non-hydrogen) atoms. The van der Waals surface area contributed by atoms with E-state index in [1.54, 1.807) is 44.3 Å². The molecule has 10 nitrogen and oxygen atoms in total. The second-order valence-corrected chi connectivity index (χ2v) is 11.1. The zero-order valence-corrected chi connectivity index (χ0v) is 23.5. The van der Waals surface area contributed by atoms with Crippen molar-refractivity contribution in [3.63, 3.8) is 0 Å². The van der Waals surface area contributed by atoms with Gasteiger partial charge in [-0.05, 0) is 60.6 Å². The lowest BCUT2D eigenvalue weighted by molar-refractivity contribution is -0.132. The summed E-state index contributed by atoms with van der Waals surface area (Å²) in [5, 5.41) is 10.2. The Bertz CT molecular complexity index is 1200. The standard InChI is InChI=1S/C30H40N4O6/c1-33(2)30(37)19-6-4-7-22(13-19)40-23-10-11-34(16-23)28(36)18-39-29-21(17-35)12-20(14-27(29)38-3)24-8-5-9-26-25(24)15-31-32-26/h4,6-7,12-14,23-26,31-32,35H,5,8-11,15-18H2,1-3H3. The Hall–Kier alpha value is -3.34. The Morgan fingerprint density at radius 1 is 1.15 bits per heavy atom. The van der Waals surface area contributed by atoms with Crippen molar-refractivity contribution in [3.8, 4) is 17.2 Å². The van der Waals surface area contributed by atoms with E-state index in [9.17, 15) is 14.7 Å². The van der Waals surface area contributed by atoms with Gasteiger partial charge in [-0.15, -0.1) is 0 Å². The van der Waals surface area contributed by atoms with Crippen LogP contribution in [0.3, 0.4) is 0 Å². The number of carbonyl (C=O) groups excluding carboxylic acids is 2. The number of amides is 2. The lowest BCUT2D eigenvalue weighted by atomic mass is 9.73. The first-order chi connectivity index (χ1) is 19.4. The quantitative estimate of drug-likeness (QED) is 0.435. The number of hydrogen-bond donors (Lipinski definition) is 3. The van der Waals surface area contributed by atoms with E-state index in [-0.39, 0.29) is 31.1 Å². The maximum atomic E-state index is 13.1. The molecule has 2 amide bonds. The van der Waals surface area contributed by atoms with Crippen LogP contribution in [0.2, 0.25) is 0 Å². The number of rotatable bonds is 9. The molecule has 10 heteroatoms. The Kier molecular flexibility index (Phi) is 8.78. The van der Waals surface area contributed by atoms with Gasteiger partial charge < -0.3 is 29.1 Å². The van der Waals surface area contributed by atoms with E-state index in [4.69, 9.17) is 14.2 Å². The summed E-state index contributed by atoms with van der Waals surface area (Å²) in [4.78, 5) is 28.6. The van der Waals surface area contributed by atoms with Gasteiger partial charge in [-0.3, -0.25) is 20.4 Å². The topological polar surface area (TPSA) is 113 Å². The molecule has 0 radical (unpaired) electrons. The minimum Gasteiger partial charge on any atom is -0.493 e. The average molecular weight is 553 g/mol. The fourth-order valence-electron chi connectivity index (χ4n) is 6.21. The van der Waals surface area contributed by atoms with Crippen LogP contribution in [0, 0.1) is 5.92 Å². The van der Waals surface area contributed by atoms with Crippen molar-refractivity contribution in [1.82, 2.24) is 20.7 Å². The highest BCUT2D eigenvalue weighted by Crippen LogP contribution is 2.43. The number of benzene rings is 2. The number of aliphatic hydroxyl groups excluding tert-OH is 1. The molecule has 1 saturated carbocycles. The molecule has 0 spiro atoms. The highest BCUT2D eigenvalue weighted by Gasteiger charge is 2.38. The molecular formula is C30H40N4O6. The number of ether oxygens (including phenoxy) is 3. The largest absolute Gasteiger partial charge is 0.493 e. The second-order valence-electron chi connectivity index (χ2n) is 11.1. The summed E-state index contributed by atoms with van der Waals surface area (Å²) in [6.07, 6.45) is 3.90. The molecule has 216 valence electrons. The summed E-state index contributed by atoms with van der Waals surface area (Å²) in [7, 11) is 5.01. The first-order valence-corrected chi connectivity index (χ1v) is 14.1. The van der Waals surface area contributed by atoms with Gasteiger partial charge in [0.15, 0.2) is 18.1 Å². The highest BCUT2D eigenvalue weighted by atomic mass is 16.5. The lowest BCUT2D eigenvalue weighted by Crippen LogP contribution is -2.36. The van der Waals surface area contributed by atoms with Crippen molar-refractivity contribution >= 4 is 11.8 Å². The Labute approximate surface area is 235 Å². The summed E-state index contributed by atoms with van der Waals surface area (Å²) >= 11 is 0. The molecule has 0 aromatic heterocycles. The molecule has 5 rings (SSSR count). The summed E-state index contributed by atoms with van der Waals surface area (Å²) < 4.78 is 17.8. The summed E-state index contributed by atoms with van der Waals surface area (Å²) in [6.45, 7) is 1.53. The fraction of sp³-hybridized carbons (Fsp3) is 0.533. The lowest BCUT2D eigenvalue weighted by Gasteiger charge is -2.33. The summed E-state index contributed by atoms with van der Waals surface area (Å²) in [5.74, 6) is 2.15. The van der Waals surface area contributed by atoms with E-state index in [0.717, 1.165) is 31.4 Å². The summed E-state index contributed by atoms with van der Waals surface area (Å²) in [5.41, 5.74) is 9.00. The smallest absolute Gasteiger partial charge is 0.260 e. The monoisotopic (exact) mass is 552 g/mol. The fourth-order valence-corrected chi connectivity index (χ4v) is 6.21. The Morgan fingerprint density at radius 3 is 2.77 bits per heavy atom. The third kappa shape index (κ3) is 6.04. The van der Waals surface area contributed by atoms with E-state index in [1.165, 1.54) is 4.90 Å². The molecule has 2 saturated heterocycles. The van der Waals surface area contributed by atoms with Crippen LogP contribution < -0.4 is 25.1 Å². The van der Waals surface area contributed by atoms with Crippen molar-refractivity contribution in [2.24, 2.45) is 5.92 Å². The van der Waals surface area contributed by atoms with Crippen molar-refractivity contribution in [3.05, 3.63) is 53.1 Å². The number of aliphatic hydroxyl groups is 1. The van der Waals surface area contributed by atoms with Gasteiger partial charge >= 0.3 is 0 Å². The molecule has 2 aliphatic heterocycles. The maximum Gasteiger partial charge on any atom is 0.260 e. The van der Waals surface area contributed by atoms with Crippen molar-refractivity contribution in [2.45, 2.75) is 50.4 Å². The van der Waals surface area contributed by atoms with Crippen LogP contribution >= 0.6 is 0 Å². The molecule has 3 fully saturated rings. The van der Waals surface area contributed by atoms with Crippen LogP contribution in [0.4, 0.5) is 0 Å². The molecule has 0 bridgehead atoms. The summed E-state index contributed by atoms with van der Waals surface area (Å²) in [6, 6.07) is 11.6. The number of hydrogen-bond acceptors (Lipinski definition) is 8. The predicted octanol–water partition coefficient (Wildman–Crippen LogP) is 2.31. The van der Waals surface area contributed by atoms with Crippen LogP contribution in [0.1, 0.15) is 53.1 Å². The van der Waals surface area contributed by atoms with E-state index < -0.39 is 0 Å². The van der Waals surface area contributed by atoms with Gasteiger partial charge in [0.2, 0.25) is 0 Å². The van der Waals surface area contributed by atoms with Crippen LogP contribution in [0.5, 0.6) is 17.2 Å². The Balaban J connectivity index is 1.20. The number of likely N-dealkylation sites (tertiary alicyclic amines) is 1. The molecule has 2 aromatic rings. The molecule has 3 N–H and O–H groups in total. The van der Waals surface area contributed by atoms with Crippen molar-refractivity contribution in [1.29, 1.82) is 0 Å². The molecule has 3 aliphatic rings. The van der Waals surface area contributed by atoms with Gasteiger partial charge in [0.1, 0.15) is 11.9 Å².